The molecule has 0 unspecified atom stereocenters. The lowest BCUT2D eigenvalue weighted by Gasteiger charge is -2.03. The summed E-state index contributed by atoms with van der Waals surface area (Å²) in [5, 5.41) is 3.29. The number of nitrogens with zero attached hydrogens (tertiary/aromatic N) is 3. The van der Waals surface area contributed by atoms with E-state index in [1.165, 1.54) is 0 Å². The van der Waals surface area contributed by atoms with Crippen molar-refractivity contribution in [3.05, 3.63) is 79.0 Å². The molecule has 0 saturated heterocycles. The number of hydrogen-bond acceptors (Lipinski definition) is 3. The van der Waals surface area contributed by atoms with E-state index in [2.05, 4.69) is 27.3 Å². The third kappa shape index (κ3) is 6.41. The first-order chi connectivity index (χ1) is 12.8. The summed E-state index contributed by atoms with van der Waals surface area (Å²) < 4.78 is 2.10. The van der Waals surface area contributed by atoms with E-state index < -0.39 is 0 Å². The second-order valence-corrected chi connectivity index (χ2v) is 4.95. The van der Waals surface area contributed by atoms with Gasteiger partial charge in [0.15, 0.2) is 0 Å². The summed E-state index contributed by atoms with van der Waals surface area (Å²) in [6, 6.07) is 10.1. The molecule has 4 heteroatoms. The summed E-state index contributed by atoms with van der Waals surface area (Å²) in [6.07, 6.45) is 9.50. The summed E-state index contributed by atoms with van der Waals surface area (Å²) in [7, 11) is 0. The molecule has 3 aromatic rings. The van der Waals surface area contributed by atoms with Gasteiger partial charge in [-0.3, -0.25) is 9.38 Å². The fraction of sp³-hybridized carbons (Fsp3) is 0.304. The SMILES string of the molecule is C.C=C(/C=C\C)NCc1nc(-c2ccncc2)n2ccccc12.CC.CC. The van der Waals surface area contributed by atoms with Crippen LogP contribution in [0.5, 0.6) is 0 Å². The molecule has 4 nitrogen and oxygen atoms in total. The van der Waals surface area contributed by atoms with Gasteiger partial charge in [0.05, 0.1) is 17.8 Å². The lowest BCUT2D eigenvalue weighted by Crippen LogP contribution is -2.10. The van der Waals surface area contributed by atoms with Gasteiger partial charge < -0.3 is 5.32 Å². The van der Waals surface area contributed by atoms with E-state index in [-0.39, 0.29) is 7.43 Å². The molecule has 0 aliphatic carbocycles. The number of hydrogen-bond donors (Lipinski definition) is 1. The van der Waals surface area contributed by atoms with Crippen molar-refractivity contribution in [1.29, 1.82) is 0 Å². The third-order valence-electron chi connectivity index (χ3n) is 3.41. The smallest absolute Gasteiger partial charge is 0.145 e. The van der Waals surface area contributed by atoms with Crippen LogP contribution in [0.25, 0.3) is 16.9 Å². The lowest BCUT2D eigenvalue weighted by atomic mass is 10.2. The molecule has 0 fully saturated rings. The van der Waals surface area contributed by atoms with Gasteiger partial charge in [-0.1, -0.05) is 53.8 Å². The Bertz CT molecular complexity index is 817. The minimum atomic E-state index is 0. The van der Waals surface area contributed by atoms with Crippen LogP contribution in [0.1, 0.15) is 47.7 Å². The predicted octanol–water partition coefficient (Wildman–Crippen LogP) is 6.26. The Morgan fingerprint density at radius 1 is 1.11 bits per heavy atom. The number of fused-ring (bicyclic) bond motifs is 1. The summed E-state index contributed by atoms with van der Waals surface area (Å²) in [5.41, 5.74) is 4.02. The molecule has 0 bridgehead atoms. The molecule has 3 heterocycles. The van der Waals surface area contributed by atoms with E-state index in [1.54, 1.807) is 12.4 Å². The Labute approximate surface area is 164 Å². The van der Waals surface area contributed by atoms with Gasteiger partial charge >= 0.3 is 0 Å². The van der Waals surface area contributed by atoms with Crippen LogP contribution in [0, 0.1) is 0 Å². The second kappa shape index (κ2) is 13.3. The molecule has 0 aliphatic rings. The second-order valence-electron chi connectivity index (χ2n) is 4.95. The summed E-state index contributed by atoms with van der Waals surface area (Å²) in [5.74, 6) is 0.923. The van der Waals surface area contributed by atoms with Crippen molar-refractivity contribution in [2.24, 2.45) is 0 Å². The summed E-state index contributed by atoms with van der Waals surface area (Å²) >= 11 is 0. The Hall–Kier alpha value is -2.88. The molecule has 1 N–H and O–H groups in total. The largest absolute Gasteiger partial charge is 0.380 e. The number of imidazole rings is 1. The number of allylic oxidation sites excluding steroid dienone is 2. The molecule has 0 atom stereocenters. The molecule has 0 spiro atoms. The van der Waals surface area contributed by atoms with Gasteiger partial charge in [0, 0.05) is 29.9 Å². The Balaban J connectivity index is 0.00000127. The Kier molecular flexibility index (Phi) is 11.9. The molecule has 0 saturated carbocycles. The third-order valence-corrected chi connectivity index (χ3v) is 3.41. The topological polar surface area (TPSA) is 42.2 Å². The molecule has 3 aromatic heterocycles. The van der Waals surface area contributed by atoms with Gasteiger partial charge in [-0.25, -0.2) is 4.98 Å². The van der Waals surface area contributed by atoms with E-state index in [1.807, 2.05) is 77.2 Å². The van der Waals surface area contributed by atoms with E-state index in [4.69, 9.17) is 4.98 Å². The minimum absolute atomic E-state index is 0. The van der Waals surface area contributed by atoms with Crippen LogP contribution in [0.2, 0.25) is 0 Å². The highest BCUT2D eigenvalue weighted by molar-refractivity contribution is 5.65. The molecular weight excluding hydrogens is 332 g/mol. The Morgan fingerprint density at radius 3 is 2.41 bits per heavy atom. The molecule has 3 rings (SSSR count). The van der Waals surface area contributed by atoms with Gasteiger partial charge in [-0.2, -0.15) is 0 Å². The minimum Gasteiger partial charge on any atom is -0.380 e. The van der Waals surface area contributed by atoms with Crippen molar-refractivity contribution in [2.45, 2.75) is 48.6 Å². The molecule has 0 amide bonds. The molecule has 0 radical (unpaired) electrons. The van der Waals surface area contributed by atoms with Crippen LogP contribution in [0.3, 0.4) is 0 Å². The number of aromatic nitrogens is 3. The monoisotopic (exact) mass is 366 g/mol. The lowest BCUT2D eigenvalue weighted by molar-refractivity contribution is 0.821. The van der Waals surface area contributed by atoms with Crippen molar-refractivity contribution in [2.75, 3.05) is 0 Å². The molecule has 27 heavy (non-hydrogen) atoms. The number of nitrogens with one attached hydrogen (secondary N) is 1. The maximum Gasteiger partial charge on any atom is 0.145 e. The van der Waals surface area contributed by atoms with Crippen LogP contribution in [0.15, 0.2) is 73.4 Å². The molecule has 0 aromatic carbocycles. The first kappa shape index (κ1) is 24.1. The zero-order chi connectivity index (χ0) is 19.4. The highest BCUT2D eigenvalue weighted by Gasteiger charge is 2.11. The molecule has 146 valence electrons. The van der Waals surface area contributed by atoms with Crippen molar-refractivity contribution in [1.82, 2.24) is 19.7 Å². The van der Waals surface area contributed by atoms with Gasteiger partial charge in [0.2, 0.25) is 0 Å². The molecular formula is C23H34N4. The highest BCUT2D eigenvalue weighted by atomic mass is 15.0. The van der Waals surface area contributed by atoms with Crippen LogP contribution in [-0.4, -0.2) is 14.4 Å². The first-order valence-corrected chi connectivity index (χ1v) is 9.21. The van der Waals surface area contributed by atoms with E-state index >= 15 is 0 Å². The fourth-order valence-corrected chi connectivity index (χ4v) is 2.39. The predicted molar refractivity (Wildman–Crippen MR) is 119 cm³/mol. The van der Waals surface area contributed by atoms with E-state index in [0.29, 0.717) is 6.54 Å². The van der Waals surface area contributed by atoms with Gasteiger partial charge in [-0.05, 0) is 37.3 Å². The van der Waals surface area contributed by atoms with Gasteiger partial charge in [-0.15, -0.1) is 0 Å². The normalized spacial score (nSPS) is 9.52. The van der Waals surface area contributed by atoms with Crippen LogP contribution in [0.4, 0.5) is 0 Å². The average Bonchev–Trinajstić information content (AvgIpc) is 3.09. The van der Waals surface area contributed by atoms with E-state index in [0.717, 1.165) is 28.3 Å². The molecule has 0 aliphatic heterocycles. The maximum atomic E-state index is 4.80. The highest BCUT2D eigenvalue weighted by Crippen LogP contribution is 2.22. The van der Waals surface area contributed by atoms with Crippen molar-refractivity contribution >= 4 is 5.52 Å². The van der Waals surface area contributed by atoms with Crippen LogP contribution < -0.4 is 5.32 Å². The standard InChI is InChI=1S/C18H18N4.2C2H6.CH4/c1-3-6-14(2)20-13-16-17-7-4-5-12-22(17)18(21-16)15-8-10-19-11-9-15;2*1-2;/h3-12,20H,2,13H2,1H3;2*1-2H3;1H4/b6-3-;;;. The van der Waals surface area contributed by atoms with Gasteiger partial charge in [0.25, 0.3) is 0 Å². The fourth-order valence-electron chi connectivity index (χ4n) is 2.39. The zero-order valence-corrected chi connectivity index (χ0v) is 16.5. The van der Waals surface area contributed by atoms with E-state index in [9.17, 15) is 0 Å². The summed E-state index contributed by atoms with van der Waals surface area (Å²) in [4.78, 5) is 8.87. The van der Waals surface area contributed by atoms with Crippen LogP contribution in [-0.2, 0) is 6.54 Å². The average molecular weight is 367 g/mol. The zero-order valence-electron chi connectivity index (χ0n) is 16.5. The Morgan fingerprint density at radius 2 is 1.78 bits per heavy atom. The number of pyridine rings is 2. The van der Waals surface area contributed by atoms with Crippen molar-refractivity contribution in [3.8, 4) is 11.4 Å². The van der Waals surface area contributed by atoms with Crippen LogP contribution >= 0.6 is 0 Å². The first-order valence-electron chi connectivity index (χ1n) is 9.21. The maximum absolute atomic E-state index is 4.80. The van der Waals surface area contributed by atoms with Crippen molar-refractivity contribution < 1.29 is 0 Å². The van der Waals surface area contributed by atoms with Crippen molar-refractivity contribution in [3.63, 3.8) is 0 Å². The summed E-state index contributed by atoms with van der Waals surface area (Å²) in [6.45, 7) is 14.6. The quantitative estimate of drug-likeness (QED) is 0.542. The van der Waals surface area contributed by atoms with Gasteiger partial charge in [0.1, 0.15) is 5.82 Å². The number of rotatable bonds is 5.